The first-order valence-electron chi connectivity index (χ1n) is 8.13. The highest BCUT2D eigenvalue weighted by atomic mass is 32.2. The molecule has 0 spiro atoms. The van der Waals surface area contributed by atoms with Crippen molar-refractivity contribution in [1.29, 1.82) is 0 Å². The number of hydrogen-bond donors (Lipinski definition) is 2. The fourth-order valence-corrected chi connectivity index (χ4v) is 3.62. The van der Waals surface area contributed by atoms with Crippen molar-refractivity contribution in [3.05, 3.63) is 40.8 Å². The molecule has 0 atom stereocenters. The van der Waals surface area contributed by atoms with E-state index < -0.39 is 21.7 Å². The van der Waals surface area contributed by atoms with Crippen LogP contribution >= 0.6 is 0 Å². The van der Waals surface area contributed by atoms with E-state index in [1.54, 1.807) is 0 Å². The summed E-state index contributed by atoms with van der Waals surface area (Å²) in [4.78, 5) is 23.6. The zero-order valence-corrected chi connectivity index (χ0v) is 14.9. The zero-order chi connectivity index (χ0) is 18.9. The summed E-state index contributed by atoms with van der Waals surface area (Å²) in [5.41, 5.74) is 0.754. The van der Waals surface area contributed by atoms with Crippen LogP contribution in [0.15, 0.2) is 27.6 Å². The fraction of sp³-hybridized carbons (Fsp3) is 0.353. The van der Waals surface area contributed by atoms with Gasteiger partial charge in [0, 0.05) is 23.9 Å². The van der Waals surface area contributed by atoms with Crippen LogP contribution in [-0.4, -0.2) is 36.8 Å². The lowest BCUT2D eigenvalue weighted by Gasteiger charge is -2.08. The summed E-state index contributed by atoms with van der Waals surface area (Å²) in [6.45, 7) is 0. The lowest BCUT2D eigenvalue weighted by molar-refractivity contribution is 0.0696. The second-order valence-electron chi connectivity index (χ2n) is 6.27. The first-order valence-corrected chi connectivity index (χ1v) is 10.0. The van der Waals surface area contributed by atoms with Crippen molar-refractivity contribution in [2.45, 2.75) is 37.0 Å². The summed E-state index contributed by atoms with van der Waals surface area (Å²) in [5.74, 6) is -1.15. The fourth-order valence-electron chi connectivity index (χ4n) is 2.94. The lowest BCUT2D eigenvalue weighted by atomic mass is 10.1. The second kappa shape index (κ2) is 6.91. The van der Waals surface area contributed by atoms with Gasteiger partial charge in [-0.3, -0.25) is 4.79 Å². The van der Waals surface area contributed by atoms with Gasteiger partial charge in [-0.25, -0.2) is 13.2 Å². The molecule has 0 bridgehead atoms. The molecule has 0 aliphatic heterocycles. The highest BCUT2D eigenvalue weighted by molar-refractivity contribution is 7.90. The third-order valence-electron chi connectivity index (χ3n) is 4.25. The average molecular weight is 378 g/mol. The number of nitrogens with zero attached hydrogens (tertiary/aromatic N) is 1. The maximum atomic E-state index is 12.6. The van der Waals surface area contributed by atoms with Gasteiger partial charge in [0.05, 0.1) is 10.5 Å². The van der Waals surface area contributed by atoms with E-state index in [4.69, 9.17) is 4.52 Å². The number of amides is 1. The summed E-state index contributed by atoms with van der Waals surface area (Å²) in [5, 5.41) is 15.5. The summed E-state index contributed by atoms with van der Waals surface area (Å²) in [7, 11) is -3.64. The number of sulfone groups is 1. The lowest BCUT2D eigenvalue weighted by Crippen LogP contribution is -2.15. The Balaban J connectivity index is 1.94. The van der Waals surface area contributed by atoms with E-state index >= 15 is 0 Å². The largest absolute Gasteiger partial charge is 0.478 e. The molecule has 26 heavy (non-hydrogen) atoms. The number of nitrogens with one attached hydrogen (secondary N) is 1. The Bertz CT molecular complexity index is 977. The molecule has 8 nitrogen and oxygen atoms in total. The highest BCUT2D eigenvalue weighted by Crippen LogP contribution is 2.25. The normalized spacial score (nSPS) is 14.3. The molecule has 1 amide bonds. The van der Waals surface area contributed by atoms with Crippen molar-refractivity contribution in [1.82, 2.24) is 5.16 Å². The molecule has 1 aromatic heterocycles. The molecular formula is C17H18N2O6S. The predicted octanol–water partition coefficient (Wildman–Crippen LogP) is 2.30. The number of aryl methyl sites for hydroxylation is 1. The van der Waals surface area contributed by atoms with Crippen LogP contribution in [0.4, 0.5) is 5.69 Å². The molecule has 9 heteroatoms. The average Bonchev–Trinajstić information content (AvgIpc) is 2.82. The summed E-state index contributed by atoms with van der Waals surface area (Å²) >= 11 is 0. The van der Waals surface area contributed by atoms with E-state index in [2.05, 4.69) is 10.5 Å². The number of fused-ring (bicyclic) bond motifs is 1. The molecule has 1 aliphatic carbocycles. The molecule has 0 saturated carbocycles. The maximum Gasteiger partial charge on any atom is 0.335 e. The summed E-state index contributed by atoms with van der Waals surface area (Å²) in [6, 6.07) is 3.47. The van der Waals surface area contributed by atoms with Crippen LogP contribution in [0.5, 0.6) is 0 Å². The van der Waals surface area contributed by atoms with Gasteiger partial charge in [0.2, 0.25) is 0 Å². The zero-order valence-electron chi connectivity index (χ0n) is 14.1. The van der Waals surface area contributed by atoms with Crippen LogP contribution in [0, 0.1) is 0 Å². The molecule has 2 aromatic rings. The van der Waals surface area contributed by atoms with Crippen LogP contribution in [0.1, 0.15) is 51.4 Å². The van der Waals surface area contributed by atoms with Gasteiger partial charge < -0.3 is 14.9 Å². The number of carbonyl (C=O) groups excluding carboxylic acids is 1. The Hall–Kier alpha value is -2.68. The number of carboxylic acids is 1. The minimum Gasteiger partial charge on any atom is -0.478 e. The number of benzene rings is 1. The number of rotatable bonds is 4. The highest BCUT2D eigenvalue weighted by Gasteiger charge is 2.24. The monoisotopic (exact) mass is 378 g/mol. The maximum absolute atomic E-state index is 12.6. The molecule has 1 aromatic carbocycles. The standard InChI is InChI=1S/C17H18N2O6S/c1-26(23,24)12-8-10(17(21)22)7-11(9-12)18-16(20)15-13-5-3-2-4-6-14(13)25-19-15/h7-9H,2-6H2,1H3,(H,18,20)(H,21,22). The first kappa shape index (κ1) is 18.1. The van der Waals surface area contributed by atoms with E-state index in [0.29, 0.717) is 12.2 Å². The predicted molar refractivity (Wildman–Crippen MR) is 92.2 cm³/mol. The molecule has 0 radical (unpaired) electrons. The Morgan fingerprint density at radius 1 is 1.15 bits per heavy atom. The van der Waals surface area contributed by atoms with Crippen molar-refractivity contribution >= 4 is 27.4 Å². The van der Waals surface area contributed by atoms with Crippen molar-refractivity contribution in [2.75, 3.05) is 11.6 Å². The molecule has 0 saturated heterocycles. The molecule has 3 rings (SSSR count). The van der Waals surface area contributed by atoms with Gasteiger partial charge in [-0.15, -0.1) is 0 Å². The number of anilines is 1. The van der Waals surface area contributed by atoms with Crippen molar-refractivity contribution in [3.63, 3.8) is 0 Å². The number of aromatic nitrogens is 1. The van der Waals surface area contributed by atoms with Crippen molar-refractivity contribution in [2.24, 2.45) is 0 Å². The summed E-state index contributed by atoms with van der Waals surface area (Å²) < 4.78 is 28.8. The summed E-state index contributed by atoms with van der Waals surface area (Å²) in [6.07, 6.45) is 5.33. The molecule has 0 unspecified atom stereocenters. The van der Waals surface area contributed by atoms with E-state index in [9.17, 15) is 23.1 Å². The smallest absolute Gasteiger partial charge is 0.335 e. The van der Waals surface area contributed by atoms with Crippen molar-refractivity contribution < 1.29 is 27.6 Å². The quantitative estimate of drug-likeness (QED) is 0.782. The molecule has 138 valence electrons. The van der Waals surface area contributed by atoms with Gasteiger partial charge in [-0.2, -0.15) is 0 Å². The molecular weight excluding hydrogens is 360 g/mol. The van der Waals surface area contributed by atoms with Gasteiger partial charge >= 0.3 is 5.97 Å². The first-order chi connectivity index (χ1) is 12.3. The molecule has 1 heterocycles. The topological polar surface area (TPSA) is 127 Å². The van der Waals surface area contributed by atoms with Gasteiger partial charge in [0.25, 0.3) is 5.91 Å². The van der Waals surface area contributed by atoms with Crippen LogP contribution in [0.3, 0.4) is 0 Å². The van der Waals surface area contributed by atoms with Gasteiger partial charge in [0.15, 0.2) is 15.5 Å². The van der Waals surface area contributed by atoms with Crippen LogP contribution in [0.25, 0.3) is 0 Å². The number of carboxylic acid groups (broad SMARTS) is 1. The van der Waals surface area contributed by atoms with Crippen LogP contribution in [0.2, 0.25) is 0 Å². The molecule has 1 aliphatic rings. The van der Waals surface area contributed by atoms with E-state index in [1.165, 1.54) is 12.1 Å². The molecule has 0 fully saturated rings. The second-order valence-corrected chi connectivity index (χ2v) is 8.29. The number of carbonyl (C=O) groups is 2. The number of hydrogen-bond acceptors (Lipinski definition) is 6. The Morgan fingerprint density at radius 3 is 2.58 bits per heavy atom. The van der Waals surface area contributed by atoms with Gasteiger partial charge in [-0.1, -0.05) is 11.6 Å². The van der Waals surface area contributed by atoms with Crippen LogP contribution in [-0.2, 0) is 22.7 Å². The van der Waals surface area contributed by atoms with E-state index in [0.717, 1.165) is 43.6 Å². The Labute approximate surface area is 150 Å². The van der Waals surface area contributed by atoms with Gasteiger partial charge in [0.1, 0.15) is 5.76 Å². The minimum absolute atomic E-state index is 0.0701. The number of aromatic carboxylic acids is 1. The SMILES string of the molecule is CS(=O)(=O)c1cc(NC(=O)c2noc3c2CCCCC3)cc(C(=O)O)c1. The van der Waals surface area contributed by atoms with E-state index in [1.807, 2.05) is 0 Å². The molecule has 2 N–H and O–H groups in total. The minimum atomic E-state index is -3.64. The third kappa shape index (κ3) is 3.77. The Morgan fingerprint density at radius 2 is 1.88 bits per heavy atom. The third-order valence-corrected chi connectivity index (χ3v) is 5.35. The van der Waals surface area contributed by atoms with Crippen molar-refractivity contribution in [3.8, 4) is 0 Å². The van der Waals surface area contributed by atoms with E-state index in [-0.39, 0.29) is 21.8 Å². The van der Waals surface area contributed by atoms with Gasteiger partial charge in [-0.05, 0) is 37.5 Å². The Kier molecular flexibility index (Phi) is 4.82. The van der Waals surface area contributed by atoms with Crippen LogP contribution < -0.4 is 5.32 Å².